The number of aryl methyl sites for hydroxylation is 2. The number of carbonyl (C=O) groups excluding carboxylic acids is 1. The zero-order valence-corrected chi connectivity index (χ0v) is 11.4. The van der Waals surface area contributed by atoms with Gasteiger partial charge in [0.05, 0.1) is 0 Å². The van der Waals surface area contributed by atoms with Gasteiger partial charge < -0.3 is 5.32 Å². The fourth-order valence-electron chi connectivity index (χ4n) is 1.94. The number of anilines is 1. The van der Waals surface area contributed by atoms with Gasteiger partial charge in [0, 0.05) is 18.2 Å². The molecule has 2 rings (SSSR count). The quantitative estimate of drug-likeness (QED) is 0.851. The lowest BCUT2D eigenvalue weighted by atomic mass is 10.1. The van der Waals surface area contributed by atoms with Crippen LogP contribution in [0.3, 0.4) is 0 Å². The van der Waals surface area contributed by atoms with Crippen LogP contribution in [0.2, 0.25) is 0 Å². The van der Waals surface area contributed by atoms with Crippen LogP contribution in [0.15, 0.2) is 30.3 Å². The molecule has 1 aromatic carbocycles. The summed E-state index contributed by atoms with van der Waals surface area (Å²) in [6, 6.07) is 8.03. The average molecular weight is 275 g/mol. The van der Waals surface area contributed by atoms with E-state index in [-0.39, 0.29) is 11.7 Å². The molecule has 1 heterocycles. The lowest BCUT2D eigenvalue weighted by molar-refractivity contribution is -0.116. The molecule has 0 bridgehead atoms. The van der Waals surface area contributed by atoms with Crippen molar-refractivity contribution in [2.24, 2.45) is 0 Å². The minimum atomic E-state index is -0.266. The highest BCUT2D eigenvalue weighted by atomic mass is 19.1. The minimum Gasteiger partial charge on any atom is -0.309 e. The summed E-state index contributed by atoms with van der Waals surface area (Å²) in [6.45, 7) is 2.09. The van der Waals surface area contributed by atoms with Gasteiger partial charge in [-0.3, -0.25) is 9.89 Å². The second-order valence-corrected chi connectivity index (χ2v) is 4.70. The van der Waals surface area contributed by atoms with Gasteiger partial charge in [-0.05, 0) is 30.5 Å². The van der Waals surface area contributed by atoms with Gasteiger partial charge in [-0.1, -0.05) is 25.5 Å². The second-order valence-electron chi connectivity index (χ2n) is 4.70. The van der Waals surface area contributed by atoms with Crippen molar-refractivity contribution in [2.45, 2.75) is 32.6 Å². The third kappa shape index (κ3) is 4.19. The number of halogens is 1. The molecule has 0 aliphatic rings. The van der Waals surface area contributed by atoms with Crippen LogP contribution in [0, 0.1) is 5.82 Å². The van der Waals surface area contributed by atoms with E-state index in [0.29, 0.717) is 18.7 Å². The number of nitrogens with one attached hydrogen (secondary N) is 2. The molecule has 4 nitrogen and oxygen atoms in total. The van der Waals surface area contributed by atoms with Gasteiger partial charge in [0.25, 0.3) is 0 Å². The van der Waals surface area contributed by atoms with Crippen LogP contribution in [0.5, 0.6) is 0 Å². The van der Waals surface area contributed by atoms with Crippen LogP contribution in [-0.4, -0.2) is 16.1 Å². The first-order chi connectivity index (χ1) is 9.67. The normalized spacial score (nSPS) is 10.5. The molecule has 0 radical (unpaired) electrons. The van der Waals surface area contributed by atoms with E-state index in [0.717, 1.165) is 24.1 Å². The molecule has 106 valence electrons. The van der Waals surface area contributed by atoms with E-state index in [1.807, 2.05) is 6.07 Å². The number of carbonyl (C=O) groups is 1. The van der Waals surface area contributed by atoms with Crippen molar-refractivity contribution in [1.29, 1.82) is 0 Å². The topological polar surface area (TPSA) is 57.8 Å². The van der Waals surface area contributed by atoms with Crippen molar-refractivity contribution < 1.29 is 9.18 Å². The van der Waals surface area contributed by atoms with E-state index in [9.17, 15) is 9.18 Å². The van der Waals surface area contributed by atoms with E-state index in [2.05, 4.69) is 22.4 Å². The molecule has 0 unspecified atom stereocenters. The van der Waals surface area contributed by atoms with Gasteiger partial charge in [-0.25, -0.2) is 4.39 Å². The largest absolute Gasteiger partial charge is 0.309 e. The van der Waals surface area contributed by atoms with E-state index in [4.69, 9.17) is 0 Å². The predicted molar refractivity (Wildman–Crippen MR) is 75.9 cm³/mol. The monoisotopic (exact) mass is 275 g/mol. The number of aromatic nitrogens is 2. The predicted octanol–water partition coefficient (Wildman–Crippen LogP) is 3.07. The lowest BCUT2D eigenvalue weighted by Crippen LogP contribution is -2.12. The fourth-order valence-corrected chi connectivity index (χ4v) is 1.94. The summed E-state index contributed by atoms with van der Waals surface area (Å²) in [5.74, 6) is 0.194. The Morgan fingerprint density at radius 2 is 2.05 bits per heavy atom. The summed E-state index contributed by atoms with van der Waals surface area (Å²) in [6.07, 6.45) is 2.87. The maximum atomic E-state index is 12.7. The van der Waals surface area contributed by atoms with Crippen LogP contribution >= 0.6 is 0 Å². The van der Waals surface area contributed by atoms with E-state index >= 15 is 0 Å². The molecule has 1 aromatic heterocycles. The molecule has 5 heteroatoms. The second kappa shape index (κ2) is 6.84. The maximum absolute atomic E-state index is 12.7. The van der Waals surface area contributed by atoms with Crippen molar-refractivity contribution in [1.82, 2.24) is 10.2 Å². The molecule has 0 fully saturated rings. The third-order valence-electron chi connectivity index (χ3n) is 2.97. The van der Waals surface area contributed by atoms with Crippen molar-refractivity contribution in [2.75, 3.05) is 5.32 Å². The van der Waals surface area contributed by atoms with Crippen molar-refractivity contribution in [3.8, 4) is 0 Å². The first kappa shape index (κ1) is 14.2. The molecule has 2 N–H and O–H groups in total. The van der Waals surface area contributed by atoms with Crippen LogP contribution in [0.1, 0.15) is 31.0 Å². The van der Waals surface area contributed by atoms with Crippen molar-refractivity contribution in [3.05, 3.63) is 47.4 Å². The number of amides is 1. The molecule has 0 saturated heterocycles. The Kier molecular flexibility index (Phi) is 4.87. The number of nitrogens with zero attached hydrogens (tertiary/aromatic N) is 1. The van der Waals surface area contributed by atoms with Gasteiger partial charge in [0.2, 0.25) is 5.91 Å². The summed E-state index contributed by atoms with van der Waals surface area (Å²) in [7, 11) is 0. The van der Waals surface area contributed by atoms with Gasteiger partial charge >= 0.3 is 0 Å². The number of hydrogen-bond acceptors (Lipinski definition) is 2. The highest BCUT2D eigenvalue weighted by molar-refractivity contribution is 5.89. The molecule has 1 amide bonds. The van der Waals surface area contributed by atoms with E-state index in [1.54, 1.807) is 12.1 Å². The first-order valence-corrected chi connectivity index (χ1v) is 6.76. The highest BCUT2D eigenvalue weighted by Crippen LogP contribution is 2.09. The molecule has 0 atom stereocenters. The van der Waals surface area contributed by atoms with Crippen LogP contribution in [-0.2, 0) is 17.6 Å². The number of H-pyrrole nitrogens is 1. The van der Waals surface area contributed by atoms with Crippen LogP contribution in [0.25, 0.3) is 0 Å². The maximum Gasteiger partial charge on any atom is 0.225 e. The molecule has 0 spiro atoms. The Balaban J connectivity index is 1.81. The standard InChI is InChI=1S/C15H18FN3O/c1-2-3-13-10-14(19-18-13)17-15(20)9-6-11-4-7-12(16)8-5-11/h4-5,7-8,10H,2-3,6,9H2,1H3,(H2,17,18,19,20). The summed E-state index contributed by atoms with van der Waals surface area (Å²) >= 11 is 0. The molecule has 0 saturated carbocycles. The fraction of sp³-hybridized carbons (Fsp3) is 0.333. The Bertz CT molecular complexity index is 563. The van der Waals surface area contributed by atoms with Gasteiger partial charge in [0.1, 0.15) is 5.82 Å². The molecule has 0 aliphatic heterocycles. The van der Waals surface area contributed by atoms with Crippen molar-refractivity contribution >= 4 is 11.7 Å². The summed E-state index contributed by atoms with van der Waals surface area (Å²) in [5, 5.41) is 9.67. The number of benzene rings is 1. The van der Waals surface area contributed by atoms with Gasteiger partial charge in [-0.15, -0.1) is 0 Å². The molecular formula is C15H18FN3O. The SMILES string of the molecule is CCCc1cc(NC(=O)CCc2ccc(F)cc2)n[nH]1. The van der Waals surface area contributed by atoms with E-state index < -0.39 is 0 Å². The van der Waals surface area contributed by atoms with Crippen molar-refractivity contribution in [3.63, 3.8) is 0 Å². The summed E-state index contributed by atoms with van der Waals surface area (Å²) in [4.78, 5) is 11.8. The highest BCUT2D eigenvalue weighted by Gasteiger charge is 2.06. The van der Waals surface area contributed by atoms with E-state index in [1.165, 1.54) is 12.1 Å². The zero-order valence-electron chi connectivity index (χ0n) is 11.4. The van der Waals surface area contributed by atoms with Crippen LogP contribution < -0.4 is 5.32 Å². The Morgan fingerprint density at radius 1 is 1.30 bits per heavy atom. The first-order valence-electron chi connectivity index (χ1n) is 6.76. The molecule has 20 heavy (non-hydrogen) atoms. The Hall–Kier alpha value is -2.17. The summed E-state index contributed by atoms with van der Waals surface area (Å²) < 4.78 is 12.7. The number of rotatable bonds is 6. The van der Waals surface area contributed by atoms with Crippen LogP contribution in [0.4, 0.5) is 10.2 Å². The smallest absolute Gasteiger partial charge is 0.225 e. The number of aromatic amines is 1. The van der Waals surface area contributed by atoms with Gasteiger partial charge in [0.15, 0.2) is 5.82 Å². The zero-order chi connectivity index (χ0) is 14.4. The molecular weight excluding hydrogens is 257 g/mol. The average Bonchev–Trinajstić information content (AvgIpc) is 2.86. The lowest BCUT2D eigenvalue weighted by Gasteiger charge is -2.02. The van der Waals surface area contributed by atoms with Gasteiger partial charge in [-0.2, -0.15) is 5.10 Å². The summed E-state index contributed by atoms with van der Waals surface area (Å²) in [5.41, 5.74) is 1.96. The Labute approximate surface area is 117 Å². The minimum absolute atomic E-state index is 0.0936. The third-order valence-corrected chi connectivity index (χ3v) is 2.97. The molecule has 2 aromatic rings. The number of hydrogen-bond donors (Lipinski definition) is 2. The Morgan fingerprint density at radius 3 is 2.75 bits per heavy atom. The molecule has 0 aliphatic carbocycles.